The highest BCUT2D eigenvalue weighted by Gasteiger charge is 2.31. The van der Waals surface area contributed by atoms with Crippen LogP contribution in [0.25, 0.3) is 0 Å². The summed E-state index contributed by atoms with van der Waals surface area (Å²) in [4.78, 5) is -0.536. The third-order valence-corrected chi connectivity index (χ3v) is 5.39. The monoisotopic (exact) mass is 341 g/mol. The Hall–Kier alpha value is -0.570. The van der Waals surface area contributed by atoms with Crippen LogP contribution in [0.5, 0.6) is 0 Å². The molecule has 0 radical (unpaired) electrons. The summed E-state index contributed by atoms with van der Waals surface area (Å²) in [5.41, 5.74) is 0. The maximum atomic E-state index is 13.7. The molecule has 18 heavy (non-hydrogen) atoms. The zero-order chi connectivity index (χ0) is 13.3. The Morgan fingerprint density at radius 3 is 2.39 bits per heavy atom. The zero-order valence-corrected chi connectivity index (χ0v) is 11.6. The second-order valence-corrected chi connectivity index (χ2v) is 6.44. The standard InChI is InChI=1S/C10H10BrF2NO3S/c11-8-5-7(12)6-9(13)10(8)18(15,16)14-1-3-17-4-2-14/h5-6H,1-4H2. The summed E-state index contributed by atoms with van der Waals surface area (Å²) in [6.07, 6.45) is 0. The van der Waals surface area contributed by atoms with Gasteiger partial charge in [-0.3, -0.25) is 0 Å². The van der Waals surface area contributed by atoms with Crippen molar-refractivity contribution in [2.45, 2.75) is 4.90 Å². The van der Waals surface area contributed by atoms with E-state index in [2.05, 4.69) is 15.9 Å². The Balaban J connectivity index is 2.47. The topological polar surface area (TPSA) is 46.6 Å². The molecule has 0 N–H and O–H groups in total. The van der Waals surface area contributed by atoms with Crippen LogP contribution in [0.4, 0.5) is 8.78 Å². The fourth-order valence-corrected chi connectivity index (χ4v) is 4.21. The molecule has 2 rings (SSSR count). The molecule has 1 aromatic carbocycles. The normalized spacial score (nSPS) is 17.9. The number of sulfonamides is 1. The van der Waals surface area contributed by atoms with Gasteiger partial charge in [0.05, 0.1) is 13.2 Å². The molecule has 1 saturated heterocycles. The molecule has 0 amide bonds. The molecule has 0 aromatic heterocycles. The third-order valence-electron chi connectivity index (χ3n) is 2.53. The van der Waals surface area contributed by atoms with Crippen LogP contribution in [0.3, 0.4) is 0 Å². The second-order valence-electron chi connectivity index (χ2n) is 3.72. The molecule has 1 fully saturated rings. The molecule has 1 heterocycles. The lowest BCUT2D eigenvalue weighted by Gasteiger charge is -2.26. The predicted molar refractivity (Wildman–Crippen MR) is 63.6 cm³/mol. The van der Waals surface area contributed by atoms with Gasteiger partial charge in [0.1, 0.15) is 16.5 Å². The fraction of sp³-hybridized carbons (Fsp3) is 0.400. The summed E-state index contributed by atoms with van der Waals surface area (Å²) in [5.74, 6) is -1.94. The first-order valence-corrected chi connectivity index (χ1v) is 7.38. The first-order chi connectivity index (χ1) is 8.43. The molecule has 1 aromatic rings. The SMILES string of the molecule is O=S(=O)(c1c(F)cc(F)cc1Br)N1CCOCC1. The lowest BCUT2D eigenvalue weighted by Crippen LogP contribution is -2.41. The van der Waals surface area contributed by atoms with Gasteiger partial charge in [-0.2, -0.15) is 4.31 Å². The van der Waals surface area contributed by atoms with Crippen LogP contribution in [-0.2, 0) is 14.8 Å². The Morgan fingerprint density at radius 2 is 1.83 bits per heavy atom. The van der Waals surface area contributed by atoms with Crippen molar-refractivity contribution in [3.8, 4) is 0 Å². The van der Waals surface area contributed by atoms with Crippen molar-refractivity contribution in [1.29, 1.82) is 0 Å². The first kappa shape index (κ1) is 13.9. The predicted octanol–water partition coefficient (Wildman–Crippen LogP) is 1.75. The van der Waals surface area contributed by atoms with E-state index >= 15 is 0 Å². The van der Waals surface area contributed by atoms with Gasteiger partial charge in [0.15, 0.2) is 0 Å². The Kier molecular flexibility index (Phi) is 4.00. The first-order valence-electron chi connectivity index (χ1n) is 5.15. The van der Waals surface area contributed by atoms with Crippen LogP contribution >= 0.6 is 15.9 Å². The van der Waals surface area contributed by atoms with Gasteiger partial charge in [-0.05, 0) is 22.0 Å². The number of benzene rings is 1. The number of morpholine rings is 1. The van der Waals surface area contributed by atoms with Crippen LogP contribution in [0.2, 0.25) is 0 Å². The van der Waals surface area contributed by atoms with Crippen LogP contribution in [0.1, 0.15) is 0 Å². The number of ether oxygens (including phenoxy) is 1. The van der Waals surface area contributed by atoms with Crippen LogP contribution < -0.4 is 0 Å². The maximum absolute atomic E-state index is 13.7. The highest BCUT2D eigenvalue weighted by atomic mass is 79.9. The number of hydrogen-bond acceptors (Lipinski definition) is 3. The van der Waals surface area contributed by atoms with Gasteiger partial charge < -0.3 is 4.74 Å². The van der Waals surface area contributed by atoms with Gasteiger partial charge in [0.2, 0.25) is 10.0 Å². The molecule has 0 aliphatic carbocycles. The van der Waals surface area contributed by atoms with E-state index in [1.54, 1.807) is 0 Å². The van der Waals surface area contributed by atoms with E-state index in [4.69, 9.17) is 4.74 Å². The van der Waals surface area contributed by atoms with Gasteiger partial charge >= 0.3 is 0 Å². The smallest absolute Gasteiger partial charge is 0.247 e. The largest absolute Gasteiger partial charge is 0.379 e. The fourth-order valence-electron chi connectivity index (χ4n) is 1.69. The molecule has 0 bridgehead atoms. The van der Waals surface area contributed by atoms with E-state index in [0.717, 1.165) is 10.4 Å². The molecule has 0 saturated carbocycles. The minimum absolute atomic E-state index is 0.119. The zero-order valence-electron chi connectivity index (χ0n) is 9.20. The molecule has 1 aliphatic rings. The number of halogens is 3. The summed E-state index contributed by atoms with van der Waals surface area (Å²) in [7, 11) is -3.98. The van der Waals surface area contributed by atoms with E-state index < -0.39 is 26.6 Å². The van der Waals surface area contributed by atoms with E-state index in [9.17, 15) is 17.2 Å². The quantitative estimate of drug-likeness (QED) is 0.823. The molecule has 1 aliphatic heterocycles. The lowest BCUT2D eigenvalue weighted by atomic mass is 10.3. The molecule has 0 spiro atoms. The van der Waals surface area contributed by atoms with Crippen molar-refractivity contribution in [1.82, 2.24) is 4.31 Å². The number of hydrogen-bond donors (Lipinski definition) is 0. The maximum Gasteiger partial charge on any atom is 0.247 e. The summed E-state index contributed by atoms with van der Waals surface area (Å²) in [5, 5.41) is 0. The molecule has 100 valence electrons. The van der Waals surface area contributed by atoms with Gasteiger partial charge in [-0.1, -0.05) is 0 Å². The average Bonchev–Trinajstić information content (AvgIpc) is 2.28. The lowest BCUT2D eigenvalue weighted by molar-refractivity contribution is 0.0729. The van der Waals surface area contributed by atoms with Gasteiger partial charge in [0.25, 0.3) is 0 Å². The molecular formula is C10H10BrF2NO3S. The average molecular weight is 342 g/mol. The Labute approximate surface area is 112 Å². The molecule has 0 atom stereocenters. The summed E-state index contributed by atoms with van der Waals surface area (Å²) >= 11 is 2.88. The van der Waals surface area contributed by atoms with Crippen LogP contribution in [0, 0.1) is 11.6 Å². The van der Waals surface area contributed by atoms with Gasteiger partial charge in [-0.25, -0.2) is 17.2 Å². The third kappa shape index (κ3) is 2.56. The minimum Gasteiger partial charge on any atom is -0.379 e. The van der Waals surface area contributed by atoms with E-state index in [1.165, 1.54) is 0 Å². The highest BCUT2D eigenvalue weighted by molar-refractivity contribution is 9.10. The van der Waals surface area contributed by atoms with Crippen LogP contribution in [0.15, 0.2) is 21.5 Å². The summed E-state index contributed by atoms with van der Waals surface area (Å²) in [6, 6.07) is 1.48. The number of rotatable bonds is 2. The van der Waals surface area contributed by atoms with Crippen molar-refractivity contribution >= 4 is 26.0 Å². The van der Waals surface area contributed by atoms with E-state index in [0.29, 0.717) is 6.07 Å². The Morgan fingerprint density at radius 1 is 1.22 bits per heavy atom. The minimum atomic E-state index is -3.98. The van der Waals surface area contributed by atoms with Gasteiger partial charge in [-0.15, -0.1) is 0 Å². The summed E-state index contributed by atoms with van der Waals surface area (Å²) in [6.45, 7) is 0.844. The van der Waals surface area contributed by atoms with Gasteiger partial charge in [0, 0.05) is 23.6 Å². The van der Waals surface area contributed by atoms with Crippen molar-refractivity contribution in [2.24, 2.45) is 0 Å². The van der Waals surface area contributed by atoms with Crippen molar-refractivity contribution in [3.05, 3.63) is 28.2 Å². The second kappa shape index (κ2) is 5.20. The van der Waals surface area contributed by atoms with Crippen molar-refractivity contribution < 1.29 is 21.9 Å². The van der Waals surface area contributed by atoms with Crippen molar-refractivity contribution in [3.63, 3.8) is 0 Å². The highest BCUT2D eigenvalue weighted by Crippen LogP contribution is 2.29. The molecule has 8 heteroatoms. The Bertz CT molecular complexity index is 535. The van der Waals surface area contributed by atoms with Crippen molar-refractivity contribution in [2.75, 3.05) is 26.3 Å². The van der Waals surface area contributed by atoms with E-state index in [-0.39, 0.29) is 30.8 Å². The van der Waals surface area contributed by atoms with Crippen LogP contribution in [-0.4, -0.2) is 39.0 Å². The molecular weight excluding hydrogens is 332 g/mol. The summed E-state index contributed by atoms with van der Waals surface area (Å²) < 4.78 is 57.1. The molecule has 0 unspecified atom stereocenters. The number of nitrogens with zero attached hydrogens (tertiary/aromatic N) is 1. The van der Waals surface area contributed by atoms with E-state index in [1.807, 2.05) is 0 Å². The molecule has 4 nitrogen and oxygen atoms in total.